The van der Waals surface area contributed by atoms with Gasteiger partial charge in [-0.15, -0.1) is 0 Å². The molecule has 38 heavy (non-hydrogen) atoms. The maximum absolute atomic E-state index is 13.7. The number of rotatable bonds is 13. The van der Waals surface area contributed by atoms with E-state index in [-0.39, 0.29) is 32.2 Å². The van der Waals surface area contributed by atoms with E-state index in [1.165, 1.54) is 0 Å². The van der Waals surface area contributed by atoms with Crippen molar-refractivity contribution in [3.05, 3.63) is 34.9 Å². The number of benzene rings is 1. The van der Waals surface area contributed by atoms with Crippen molar-refractivity contribution in [2.45, 2.75) is 99.3 Å². The van der Waals surface area contributed by atoms with Crippen LogP contribution in [0.3, 0.4) is 0 Å². The van der Waals surface area contributed by atoms with E-state index in [4.69, 9.17) is 9.47 Å². The summed E-state index contributed by atoms with van der Waals surface area (Å²) in [5.74, 6) is -0.800. The van der Waals surface area contributed by atoms with Gasteiger partial charge in [0.05, 0.1) is 13.0 Å². The fraction of sp³-hybridized carbons (Fsp3) is 0.655. The van der Waals surface area contributed by atoms with E-state index in [1.54, 1.807) is 32.6 Å². The second-order valence-electron chi connectivity index (χ2n) is 11.1. The summed E-state index contributed by atoms with van der Waals surface area (Å²) in [6.45, 7) is 16.9. The van der Waals surface area contributed by atoms with Gasteiger partial charge < -0.3 is 25.0 Å². The lowest BCUT2D eigenvalue weighted by Crippen LogP contribution is -2.51. The fourth-order valence-corrected chi connectivity index (χ4v) is 4.00. The number of aryl methyl sites for hydroxylation is 2. The third kappa shape index (κ3) is 11.5. The number of alkyl carbamates (subject to hydrolysis) is 1. The van der Waals surface area contributed by atoms with Crippen molar-refractivity contribution in [3.8, 4) is 0 Å². The summed E-state index contributed by atoms with van der Waals surface area (Å²) in [7, 11) is 0. The first-order valence-corrected chi connectivity index (χ1v) is 13.4. The number of nitrogens with zero attached hydrogens (tertiary/aromatic N) is 1. The van der Waals surface area contributed by atoms with E-state index >= 15 is 0 Å². The zero-order valence-electron chi connectivity index (χ0n) is 24.6. The molecule has 0 radical (unpaired) electrons. The van der Waals surface area contributed by atoms with Crippen LogP contribution in [0.25, 0.3) is 0 Å². The average Bonchev–Trinajstić information content (AvgIpc) is 2.80. The Balaban J connectivity index is 3.37. The predicted molar refractivity (Wildman–Crippen MR) is 148 cm³/mol. The molecule has 0 bridgehead atoms. The van der Waals surface area contributed by atoms with E-state index in [1.807, 2.05) is 39.0 Å². The van der Waals surface area contributed by atoms with Crippen LogP contribution in [0.4, 0.5) is 4.79 Å². The Kier molecular flexibility index (Phi) is 13.3. The molecule has 0 aliphatic carbocycles. The van der Waals surface area contributed by atoms with Crippen molar-refractivity contribution in [1.82, 2.24) is 15.5 Å². The second-order valence-corrected chi connectivity index (χ2v) is 11.1. The Morgan fingerprint density at radius 3 is 2.24 bits per heavy atom. The standard InChI is InChI=1S/C29H47N3O6/c1-10-37-25(34)15-16-30-27(35)26(23-17-20(4)12-13-21(23)5)32(22(6)14-11-19(2)3)24(33)18-31-28(36)38-29(7,8)9/h12-13,17,19,22,26H,10-11,14-16,18H2,1-9H3,(H,30,35)(H,31,36). The van der Waals surface area contributed by atoms with Crippen molar-refractivity contribution < 1.29 is 28.7 Å². The van der Waals surface area contributed by atoms with Gasteiger partial charge in [0.1, 0.15) is 18.2 Å². The van der Waals surface area contributed by atoms with Crippen LogP contribution in [0.1, 0.15) is 90.5 Å². The fourth-order valence-electron chi connectivity index (χ4n) is 4.00. The van der Waals surface area contributed by atoms with E-state index < -0.39 is 35.5 Å². The number of carbonyl (C=O) groups is 4. The van der Waals surface area contributed by atoms with Crippen LogP contribution in [0.5, 0.6) is 0 Å². The number of amides is 3. The zero-order valence-corrected chi connectivity index (χ0v) is 24.6. The lowest BCUT2D eigenvalue weighted by molar-refractivity contribution is -0.144. The predicted octanol–water partition coefficient (Wildman–Crippen LogP) is 4.59. The third-order valence-electron chi connectivity index (χ3n) is 5.90. The van der Waals surface area contributed by atoms with E-state index in [2.05, 4.69) is 24.5 Å². The first-order chi connectivity index (χ1) is 17.7. The van der Waals surface area contributed by atoms with Crippen LogP contribution in [0.2, 0.25) is 0 Å². The van der Waals surface area contributed by atoms with Gasteiger partial charge in [-0.1, -0.05) is 37.6 Å². The molecule has 0 aromatic heterocycles. The SMILES string of the molecule is CCOC(=O)CCNC(=O)C(c1cc(C)ccc1C)N(C(=O)CNC(=O)OC(C)(C)C)C(C)CCC(C)C. The highest BCUT2D eigenvalue weighted by atomic mass is 16.6. The Morgan fingerprint density at radius 2 is 1.66 bits per heavy atom. The highest BCUT2D eigenvalue weighted by Gasteiger charge is 2.36. The number of esters is 1. The van der Waals surface area contributed by atoms with Crippen LogP contribution in [0, 0.1) is 19.8 Å². The minimum Gasteiger partial charge on any atom is -0.466 e. The van der Waals surface area contributed by atoms with Gasteiger partial charge in [-0.3, -0.25) is 14.4 Å². The normalized spacial score (nSPS) is 12.9. The van der Waals surface area contributed by atoms with Crippen LogP contribution in [-0.2, 0) is 23.9 Å². The molecule has 2 N–H and O–H groups in total. The zero-order chi connectivity index (χ0) is 29.0. The molecule has 0 aliphatic rings. The molecule has 1 aromatic rings. The summed E-state index contributed by atoms with van der Waals surface area (Å²) in [5.41, 5.74) is 1.79. The molecule has 9 nitrogen and oxygen atoms in total. The second kappa shape index (κ2) is 15.3. The lowest BCUT2D eigenvalue weighted by Gasteiger charge is -2.37. The van der Waals surface area contributed by atoms with E-state index in [0.29, 0.717) is 17.9 Å². The molecule has 0 fully saturated rings. The molecule has 1 aromatic carbocycles. The highest BCUT2D eigenvalue weighted by Crippen LogP contribution is 2.29. The topological polar surface area (TPSA) is 114 Å². The maximum atomic E-state index is 13.7. The molecule has 9 heteroatoms. The Hall–Kier alpha value is -3.10. The smallest absolute Gasteiger partial charge is 0.408 e. The molecule has 2 atom stereocenters. The monoisotopic (exact) mass is 533 g/mol. The molecule has 0 saturated heterocycles. The summed E-state index contributed by atoms with van der Waals surface area (Å²) in [4.78, 5) is 53.0. The van der Waals surface area contributed by atoms with Crippen molar-refractivity contribution in [1.29, 1.82) is 0 Å². The quantitative estimate of drug-likeness (QED) is 0.359. The summed E-state index contributed by atoms with van der Waals surface area (Å²) in [6, 6.07) is 4.52. The molecule has 2 unspecified atom stereocenters. The van der Waals surface area contributed by atoms with Gasteiger partial charge in [-0.25, -0.2) is 4.79 Å². The summed E-state index contributed by atoms with van der Waals surface area (Å²) >= 11 is 0. The molecular formula is C29H47N3O6. The number of nitrogens with one attached hydrogen (secondary N) is 2. The molecule has 0 aliphatic heterocycles. The first kappa shape index (κ1) is 32.9. The number of hydrogen-bond acceptors (Lipinski definition) is 6. The van der Waals surface area contributed by atoms with Gasteiger partial charge in [0.2, 0.25) is 11.8 Å². The van der Waals surface area contributed by atoms with Gasteiger partial charge in [0.25, 0.3) is 0 Å². The minimum atomic E-state index is -0.952. The number of hydrogen-bond donors (Lipinski definition) is 2. The van der Waals surface area contributed by atoms with Gasteiger partial charge >= 0.3 is 12.1 Å². The van der Waals surface area contributed by atoms with Crippen molar-refractivity contribution >= 4 is 23.9 Å². The van der Waals surface area contributed by atoms with Gasteiger partial charge in [0, 0.05) is 12.6 Å². The molecule has 3 amide bonds. The summed E-state index contributed by atoms with van der Waals surface area (Å²) < 4.78 is 10.3. The van der Waals surface area contributed by atoms with Crippen molar-refractivity contribution in [2.75, 3.05) is 19.7 Å². The molecule has 214 valence electrons. The Morgan fingerprint density at radius 1 is 1.00 bits per heavy atom. The largest absolute Gasteiger partial charge is 0.466 e. The minimum absolute atomic E-state index is 0.0240. The van der Waals surface area contributed by atoms with E-state index in [0.717, 1.165) is 17.5 Å². The molecule has 0 saturated carbocycles. The number of ether oxygens (including phenoxy) is 2. The van der Waals surface area contributed by atoms with Crippen molar-refractivity contribution in [2.24, 2.45) is 5.92 Å². The van der Waals surface area contributed by atoms with Crippen LogP contribution >= 0.6 is 0 Å². The molecular weight excluding hydrogens is 486 g/mol. The summed E-state index contributed by atoms with van der Waals surface area (Å²) in [6.07, 6.45) is 0.848. The Bertz CT molecular complexity index is 954. The highest BCUT2D eigenvalue weighted by molar-refractivity contribution is 5.91. The van der Waals surface area contributed by atoms with Gasteiger partial charge in [-0.05, 0) is 78.4 Å². The lowest BCUT2D eigenvalue weighted by atomic mass is 9.94. The van der Waals surface area contributed by atoms with Crippen molar-refractivity contribution in [3.63, 3.8) is 0 Å². The maximum Gasteiger partial charge on any atom is 0.408 e. The average molecular weight is 534 g/mol. The Labute approximate surface area is 228 Å². The third-order valence-corrected chi connectivity index (χ3v) is 5.90. The van der Waals surface area contributed by atoms with Crippen LogP contribution < -0.4 is 10.6 Å². The van der Waals surface area contributed by atoms with Crippen LogP contribution in [-0.4, -0.2) is 60.1 Å². The first-order valence-electron chi connectivity index (χ1n) is 13.4. The molecule has 0 heterocycles. The molecule has 1 rings (SSSR count). The van der Waals surface area contributed by atoms with E-state index in [9.17, 15) is 19.2 Å². The summed E-state index contributed by atoms with van der Waals surface area (Å²) in [5, 5.41) is 5.36. The van der Waals surface area contributed by atoms with Gasteiger partial charge in [0.15, 0.2) is 0 Å². The van der Waals surface area contributed by atoms with Gasteiger partial charge in [-0.2, -0.15) is 0 Å². The van der Waals surface area contributed by atoms with Crippen LogP contribution in [0.15, 0.2) is 18.2 Å². The molecule has 0 spiro atoms. The number of carbonyl (C=O) groups excluding carboxylic acids is 4.